The van der Waals surface area contributed by atoms with E-state index in [0.29, 0.717) is 23.7 Å². The van der Waals surface area contributed by atoms with Gasteiger partial charge >= 0.3 is 0 Å². The molecule has 2 nitrogen and oxygen atoms in total. The highest BCUT2D eigenvalue weighted by atomic mass is 14.9. The van der Waals surface area contributed by atoms with E-state index in [9.17, 15) is 0 Å². The van der Waals surface area contributed by atoms with Crippen LogP contribution in [0.25, 0.3) is 17.0 Å². The lowest BCUT2D eigenvalue weighted by Gasteiger charge is -2.43. The molecule has 0 bridgehead atoms. The summed E-state index contributed by atoms with van der Waals surface area (Å²) in [4.78, 5) is 0. The molecule has 49 heavy (non-hydrogen) atoms. The summed E-state index contributed by atoms with van der Waals surface area (Å²) in [6.45, 7) is 4.85. The fraction of sp³-hybridized carbons (Fsp3) is 0.277. The van der Waals surface area contributed by atoms with E-state index in [1.54, 1.807) is 22.3 Å². The highest BCUT2D eigenvalue weighted by Crippen LogP contribution is 2.68. The largest absolute Gasteiger partial charge is 0.398 e. The normalized spacial score (nSPS) is 25.7. The van der Waals surface area contributed by atoms with Crippen LogP contribution in [0.15, 0.2) is 145 Å². The fourth-order valence-corrected chi connectivity index (χ4v) is 10.0. The SMILES string of the molecule is CCC1c2ccccc2C2(c3cc(C4=CCC=C(C/C=C(\C=C(/N)c5ccccc5)c5ccccc5)N4)ccc3C3C=CCCC32)C1CC. The molecule has 8 rings (SSSR count). The molecule has 2 heteroatoms. The van der Waals surface area contributed by atoms with Gasteiger partial charge in [0.05, 0.1) is 0 Å². The van der Waals surface area contributed by atoms with E-state index in [4.69, 9.17) is 5.73 Å². The zero-order valence-electron chi connectivity index (χ0n) is 28.9. The molecule has 0 saturated heterocycles. The van der Waals surface area contributed by atoms with Crippen LogP contribution in [0.4, 0.5) is 0 Å². The van der Waals surface area contributed by atoms with Crippen molar-refractivity contribution in [1.82, 2.24) is 5.32 Å². The zero-order chi connectivity index (χ0) is 33.4. The molecule has 1 aliphatic heterocycles. The summed E-state index contributed by atoms with van der Waals surface area (Å²) in [5, 5.41) is 3.87. The summed E-state index contributed by atoms with van der Waals surface area (Å²) in [7, 11) is 0. The lowest BCUT2D eigenvalue weighted by atomic mass is 9.60. The molecule has 4 aromatic rings. The van der Waals surface area contributed by atoms with Gasteiger partial charge in [0.2, 0.25) is 0 Å². The maximum atomic E-state index is 6.62. The van der Waals surface area contributed by atoms with Gasteiger partial charge in [-0.3, -0.25) is 0 Å². The molecule has 4 aromatic carbocycles. The predicted molar refractivity (Wildman–Crippen MR) is 207 cm³/mol. The molecular formula is C47H48N2. The number of hydrogen-bond donors (Lipinski definition) is 2. The number of allylic oxidation sites excluding steroid dienone is 7. The minimum atomic E-state index is 0.0685. The van der Waals surface area contributed by atoms with Gasteiger partial charge in [0, 0.05) is 34.8 Å². The van der Waals surface area contributed by atoms with Gasteiger partial charge in [0.15, 0.2) is 0 Å². The van der Waals surface area contributed by atoms with E-state index in [1.165, 1.54) is 48.2 Å². The summed E-state index contributed by atoms with van der Waals surface area (Å²) in [5.41, 5.74) is 20.9. The molecule has 246 valence electrons. The van der Waals surface area contributed by atoms with Crippen molar-refractivity contribution >= 4 is 17.0 Å². The number of fused-ring (bicyclic) bond motifs is 7. The second kappa shape index (κ2) is 13.2. The van der Waals surface area contributed by atoms with Crippen molar-refractivity contribution in [3.63, 3.8) is 0 Å². The Labute approximate surface area is 292 Å². The second-order valence-corrected chi connectivity index (χ2v) is 14.3. The van der Waals surface area contributed by atoms with Gasteiger partial charge < -0.3 is 11.1 Å². The predicted octanol–water partition coefficient (Wildman–Crippen LogP) is 11.3. The van der Waals surface area contributed by atoms with E-state index < -0.39 is 0 Å². The number of rotatable bonds is 8. The van der Waals surface area contributed by atoms with E-state index in [-0.39, 0.29) is 5.41 Å². The van der Waals surface area contributed by atoms with Gasteiger partial charge in [-0.25, -0.2) is 0 Å². The minimum absolute atomic E-state index is 0.0685. The van der Waals surface area contributed by atoms with Crippen molar-refractivity contribution in [2.75, 3.05) is 0 Å². The van der Waals surface area contributed by atoms with E-state index in [1.807, 2.05) is 18.2 Å². The first-order valence-corrected chi connectivity index (χ1v) is 18.5. The molecule has 0 aromatic heterocycles. The maximum absolute atomic E-state index is 6.62. The average Bonchev–Trinajstić information content (AvgIpc) is 3.63. The zero-order valence-corrected chi connectivity index (χ0v) is 28.9. The molecule has 1 spiro atoms. The lowest BCUT2D eigenvalue weighted by Crippen LogP contribution is -2.40. The van der Waals surface area contributed by atoms with Crippen LogP contribution in [-0.2, 0) is 5.41 Å². The Morgan fingerprint density at radius 2 is 1.57 bits per heavy atom. The third-order valence-corrected chi connectivity index (χ3v) is 12.0. The van der Waals surface area contributed by atoms with Gasteiger partial charge in [-0.1, -0.05) is 148 Å². The van der Waals surface area contributed by atoms with Crippen molar-refractivity contribution in [2.24, 2.45) is 17.6 Å². The van der Waals surface area contributed by atoms with Crippen LogP contribution < -0.4 is 11.1 Å². The molecule has 0 fully saturated rings. The van der Waals surface area contributed by atoms with Gasteiger partial charge in [-0.05, 0) is 100 Å². The molecule has 3 aliphatic carbocycles. The van der Waals surface area contributed by atoms with Crippen LogP contribution >= 0.6 is 0 Å². The standard InChI is InChI=1S/C47H48N2/c1-3-37-38-21-11-13-23-42(38)47(41(37)4-2)43-24-14-12-22-39(43)40-29-27-35(30-44(40)47)46-25-15-20-36(49-46)28-26-34(32-16-7-5-8-17-32)31-45(48)33-18-9-6-10-19-33/h5-13,16-23,25-27,29-31,37,39,41,43,49H,3-4,14-15,24,28,48H2,1-2H3/b34-26+,45-31-. The Morgan fingerprint density at radius 3 is 2.35 bits per heavy atom. The van der Waals surface area contributed by atoms with Gasteiger partial charge in [0.25, 0.3) is 0 Å². The molecule has 4 aliphatic rings. The van der Waals surface area contributed by atoms with Crippen molar-refractivity contribution in [3.05, 3.63) is 184 Å². The van der Waals surface area contributed by atoms with E-state index >= 15 is 0 Å². The van der Waals surface area contributed by atoms with Gasteiger partial charge in [0.1, 0.15) is 0 Å². The summed E-state index contributed by atoms with van der Waals surface area (Å²) in [6.07, 6.45) is 20.7. The monoisotopic (exact) mass is 640 g/mol. The fourth-order valence-electron chi connectivity index (χ4n) is 10.0. The van der Waals surface area contributed by atoms with Crippen LogP contribution in [0.5, 0.6) is 0 Å². The Morgan fingerprint density at radius 1 is 0.816 bits per heavy atom. The highest BCUT2D eigenvalue weighted by molar-refractivity contribution is 5.83. The molecule has 5 atom stereocenters. The van der Waals surface area contributed by atoms with Crippen LogP contribution in [0.1, 0.15) is 103 Å². The van der Waals surface area contributed by atoms with Crippen molar-refractivity contribution < 1.29 is 0 Å². The Hall–Kier alpha value is -4.82. The molecule has 0 amide bonds. The van der Waals surface area contributed by atoms with Crippen molar-refractivity contribution in [3.8, 4) is 0 Å². The topological polar surface area (TPSA) is 38.0 Å². The molecule has 1 heterocycles. The second-order valence-electron chi connectivity index (χ2n) is 14.3. The van der Waals surface area contributed by atoms with Gasteiger partial charge in [-0.2, -0.15) is 0 Å². The first-order chi connectivity index (χ1) is 24.1. The Kier molecular flexibility index (Phi) is 8.50. The maximum Gasteiger partial charge on any atom is 0.0418 e. The summed E-state index contributed by atoms with van der Waals surface area (Å²) < 4.78 is 0. The minimum Gasteiger partial charge on any atom is -0.398 e. The highest BCUT2D eigenvalue weighted by Gasteiger charge is 2.61. The van der Waals surface area contributed by atoms with Crippen LogP contribution in [0.3, 0.4) is 0 Å². The molecule has 3 N–H and O–H groups in total. The third-order valence-electron chi connectivity index (χ3n) is 12.0. The van der Waals surface area contributed by atoms with E-state index in [0.717, 1.165) is 29.7 Å². The number of dihydropyridines is 1. The number of nitrogens with two attached hydrogens (primary N) is 1. The quantitative estimate of drug-likeness (QED) is 0.149. The molecular weight excluding hydrogens is 593 g/mol. The first kappa shape index (κ1) is 31.4. The van der Waals surface area contributed by atoms with Crippen molar-refractivity contribution in [1.29, 1.82) is 0 Å². The van der Waals surface area contributed by atoms with Crippen LogP contribution in [-0.4, -0.2) is 0 Å². The molecule has 0 saturated carbocycles. The third kappa shape index (κ3) is 5.33. The summed E-state index contributed by atoms with van der Waals surface area (Å²) in [6, 6.07) is 37.8. The number of hydrogen-bond acceptors (Lipinski definition) is 2. The number of benzene rings is 4. The van der Waals surface area contributed by atoms with Gasteiger partial charge in [-0.15, -0.1) is 0 Å². The Bertz CT molecular complexity index is 1990. The Balaban J connectivity index is 1.13. The molecule has 5 unspecified atom stereocenters. The summed E-state index contributed by atoms with van der Waals surface area (Å²) in [5.74, 6) is 2.34. The summed E-state index contributed by atoms with van der Waals surface area (Å²) >= 11 is 0. The van der Waals surface area contributed by atoms with E-state index in [2.05, 4.69) is 141 Å². The lowest BCUT2D eigenvalue weighted by molar-refractivity contribution is 0.196. The van der Waals surface area contributed by atoms with Crippen molar-refractivity contribution in [2.45, 2.75) is 69.6 Å². The average molecular weight is 641 g/mol. The van der Waals surface area contributed by atoms with Crippen LogP contribution in [0, 0.1) is 11.8 Å². The number of nitrogens with one attached hydrogen (secondary N) is 1. The van der Waals surface area contributed by atoms with Crippen LogP contribution in [0.2, 0.25) is 0 Å². The first-order valence-electron chi connectivity index (χ1n) is 18.5. The smallest absolute Gasteiger partial charge is 0.0418 e. The molecule has 0 radical (unpaired) electrons.